The molecule has 0 saturated carbocycles. The van der Waals surface area contributed by atoms with Crippen molar-refractivity contribution in [2.45, 2.75) is 45.6 Å². The van der Waals surface area contributed by atoms with Crippen LogP contribution < -0.4 is 0 Å². The summed E-state index contributed by atoms with van der Waals surface area (Å²) in [6, 6.07) is 7.27. The number of hydrogen-bond acceptors (Lipinski definition) is 5. The Kier molecular flexibility index (Phi) is 7.60. The van der Waals surface area contributed by atoms with Crippen molar-refractivity contribution in [3.63, 3.8) is 0 Å². The Hall–Kier alpha value is -1.92. The van der Waals surface area contributed by atoms with Gasteiger partial charge in [0.15, 0.2) is 0 Å². The van der Waals surface area contributed by atoms with E-state index in [2.05, 4.69) is 18.9 Å². The summed E-state index contributed by atoms with van der Waals surface area (Å²) in [6.45, 7) is 6.22. The molecule has 1 aromatic rings. The molecule has 1 aliphatic heterocycles. The largest absolute Gasteiger partial charge is 0.465 e. The van der Waals surface area contributed by atoms with Gasteiger partial charge in [0.05, 0.1) is 18.8 Å². The van der Waals surface area contributed by atoms with Gasteiger partial charge in [-0.3, -0.25) is 9.80 Å². The van der Waals surface area contributed by atoms with Gasteiger partial charge < -0.3 is 9.84 Å². The van der Waals surface area contributed by atoms with Gasteiger partial charge in [-0.1, -0.05) is 26.0 Å². The Morgan fingerprint density at radius 2 is 1.92 bits per heavy atom. The Balaban J connectivity index is 1.85. The zero-order valence-electron chi connectivity index (χ0n) is 16.0. The summed E-state index contributed by atoms with van der Waals surface area (Å²) < 4.78 is 4.70. The second-order valence-corrected chi connectivity index (χ2v) is 7.23. The van der Waals surface area contributed by atoms with Crippen LogP contribution in [0.5, 0.6) is 0 Å². The SMILES string of the molecule is COC(=O)c1ccc(CCN2C(=O)CCN2CCC(O)CC(C)C)cc1. The van der Waals surface area contributed by atoms with Gasteiger partial charge in [0.2, 0.25) is 5.91 Å². The molecule has 0 aliphatic carbocycles. The van der Waals surface area contributed by atoms with Crippen LogP contribution in [0, 0.1) is 5.92 Å². The van der Waals surface area contributed by atoms with Crippen molar-refractivity contribution in [3.05, 3.63) is 35.4 Å². The molecule has 26 heavy (non-hydrogen) atoms. The van der Waals surface area contributed by atoms with Crippen molar-refractivity contribution in [1.82, 2.24) is 10.0 Å². The quantitative estimate of drug-likeness (QED) is 0.683. The van der Waals surface area contributed by atoms with E-state index in [1.54, 1.807) is 17.1 Å². The number of hydrazine groups is 1. The lowest BCUT2D eigenvalue weighted by atomic mass is 10.0. The number of hydrogen-bond donors (Lipinski definition) is 1. The average molecular weight is 362 g/mol. The molecule has 1 saturated heterocycles. The Bertz CT molecular complexity index is 600. The number of methoxy groups -OCH3 is 1. The van der Waals surface area contributed by atoms with E-state index in [0.29, 0.717) is 44.0 Å². The minimum atomic E-state index is -0.350. The van der Waals surface area contributed by atoms with Gasteiger partial charge in [0.25, 0.3) is 0 Å². The van der Waals surface area contributed by atoms with Crippen LogP contribution in [0.1, 0.15) is 49.0 Å². The van der Waals surface area contributed by atoms with Gasteiger partial charge in [-0.25, -0.2) is 9.80 Å². The molecule has 1 fully saturated rings. The maximum atomic E-state index is 12.2. The zero-order chi connectivity index (χ0) is 19.1. The van der Waals surface area contributed by atoms with E-state index >= 15 is 0 Å². The van der Waals surface area contributed by atoms with Crippen LogP contribution in [-0.4, -0.2) is 59.8 Å². The topological polar surface area (TPSA) is 70.1 Å². The van der Waals surface area contributed by atoms with Gasteiger partial charge >= 0.3 is 5.97 Å². The van der Waals surface area contributed by atoms with Crippen molar-refractivity contribution in [2.24, 2.45) is 5.92 Å². The van der Waals surface area contributed by atoms with Gasteiger partial charge in [-0.15, -0.1) is 0 Å². The highest BCUT2D eigenvalue weighted by atomic mass is 16.5. The average Bonchev–Trinajstić information content (AvgIpc) is 2.97. The van der Waals surface area contributed by atoms with Crippen LogP contribution in [-0.2, 0) is 16.0 Å². The van der Waals surface area contributed by atoms with Gasteiger partial charge in [-0.2, -0.15) is 0 Å². The first-order valence-corrected chi connectivity index (χ1v) is 9.31. The van der Waals surface area contributed by atoms with Crippen molar-refractivity contribution >= 4 is 11.9 Å². The van der Waals surface area contributed by atoms with E-state index in [4.69, 9.17) is 4.74 Å². The number of carbonyl (C=O) groups is 2. The molecule has 1 atom stereocenters. The predicted molar refractivity (Wildman–Crippen MR) is 99.5 cm³/mol. The van der Waals surface area contributed by atoms with Crippen LogP contribution in [0.25, 0.3) is 0 Å². The fourth-order valence-corrected chi connectivity index (χ4v) is 3.25. The Morgan fingerprint density at radius 3 is 2.54 bits per heavy atom. The van der Waals surface area contributed by atoms with Crippen molar-refractivity contribution in [3.8, 4) is 0 Å². The lowest BCUT2D eigenvalue weighted by Crippen LogP contribution is -2.41. The molecule has 0 radical (unpaired) electrons. The number of benzene rings is 1. The van der Waals surface area contributed by atoms with Crippen molar-refractivity contribution in [2.75, 3.05) is 26.7 Å². The van der Waals surface area contributed by atoms with Crippen molar-refractivity contribution in [1.29, 1.82) is 0 Å². The molecule has 0 spiro atoms. The highest BCUT2D eigenvalue weighted by Gasteiger charge is 2.28. The highest BCUT2D eigenvalue weighted by molar-refractivity contribution is 5.89. The Labute approximate surface area is 155 Å². The lowest BCUT2D eigenvalue weighted by Gasteiger charge is -2.29. The summed E-state index contributed by atoms with van der Waals surface area (Å²) in [6.07, 6.45) is 2.39. The van der Waals surface area contributed by atoms with Gasteiger partial charge in [-0.05, 0) is 42.9 Å². The van der Waals surface area contributed by atoms with Crippen molar-refractivity contribution < 1.29 is 19.4 Å². The molecule has 6 nitrogen and oxygen atoms in total. The summed E-state index contributed by atoms with van der Waals surface area (Å²) in [5.41, 5.74) is 1.59. The number of esters is 1. The molecule has 1 aromatic carbocycles. The highest BCUT2D eigenvalue weighted by Crippen LogP contribution is 2.16. The molecule has 0 bridgehead atoms. The van der Waals surface area contributed by atoms with Gasteiger partial charge in [0, 0.05) is 26.1 Å². The smallest absolute Gasteiger partial charge is 0.337 e. The third kappa shape index (κ3) is 5.81. The second kappa shape index (κ2) is 9.69. The molecule has 1 N–H and O–H groups in total. The predicted octanol–water partition coefficient (Wildman–Crippen LogP) is 2.26. The third-order valence-corrected chi connectivity index (χ3v) is 4.66. The normalized spacial score (nSPS) is 16.3. The van der Waals surface area contributed by atoms with E-state index in [0.717, 1.165) is 18.4 Å². The first-order valence-electron chi connectivity index (χ1n) is 9.31. The molecule has 1 amide bonds. The minimum Gasteiger partial charge on any atom is -0.465 e. The summed E-state index contributed by atoms with van der Waals surface area (Å²) in [4.78, 5) is 23.6. The van der Waals surface area contributed by atoms with E-state index in [1.807, 2.05) is 12.1 Å². The number of carbonyl (C=O) groups excluding carboxylic acids is 2. The molecule has 1 heterocycles. The van der Waals surface area contributed by atoms with E-state index in [9.17, 15) is 14.7 Å². The molecule has 144 valence electrons. The fraction of sp³-hybridized carbons (Fsp3) is 0.600. The molecular weight excluding hydrogens is 332 g/mol. The standard InChI is InChI=1S/C20H30N2O4/c1-15(2)14-18(23)9-11-21-12-10-19(24)22(21)13-8-16-4-6-17(7-5-16)20(25)26-3/h4-7,15,18,23H,8-14H2,1-3H3. The first-order chi connectivity index (χ1) is 12.4. The third-order valence-electron chi connectivity index (χ3n) is 4.66. The van der Waals surface area contributed by atoms with Crippen LogP contribution in [0.4, 0.5) is 0 Å². The van der Waals surface area contributed by atoms with Gasteiger partial charge in [0.1, 0.15) is 0 Å². The number of nitrogens with zero attached hydrogens (tertiary/aromatic N) is 2. The first kappa shape index (κ1) is 20.4. The number of aliphatic hydroxyl groups excluding tert-OH is 1. The minimum absolute atomic E-state index is 0.134. The number of ether oxygens (including phenoxy) is 1. The second-order valence-electron chi connectivity index (χ2n) is 7.23. The molecule has 0 aromatic heterocycles. The molecular formula is C20H30N2O4. The van der Waals surface area contributed by atoms with E-state index < -0.39 is 0 Å². The maximum absolute atomic E-state index is 12.2. The van der Waals surface area contributed by atoms with E-state index in [1.165, 1.54) is 7.11 Å². The van der Waals surface area contributed by atoms with E-state index in [-0.39, 0.29) is 18.0 Å². The summed E-state index contributed by atoms with van der Waals surface area (Å²) in [5, 5.41) is 13.9. The number of rotatable bonds is 9. The van der Waals surface area contributed by atoms with Crippen LogP contribution in [0.15, 0.2) is 24.3 Å². The maximum Gasteiger partial charge on any atom is 0.337 e. The van der Waals surface area contributed by atoms with Crippen LogP contribution >= 0.6 is 0 Å². The monoisotopic (exact) mass is 362 g/mol. The Morgan fingerprint density at radius 1 is 1.23 bits per heavy atom. The lowest BCUT2D eigenvalue weighted by molar-refractivity contribution is -0.138. The zero-order valence-corrected chi connectivity index (χ0v) is 16.0. The molecule has 2 rings (SSSR count). The number of amides is 1. The molecule has 1 aliphatic rings. The summed E-state index contributed by atoms with van der Waals surface area (Å²) in [5.74, 6) is 0.251. The van der Waals surface area contributed by atoms with Crippen LogP contribution in [0.2, 0.25) is 0 Å². The van der Waals surface area contributed by atoms with Crippen LogP contribution in [0.3, 0.4) is 0 Å². The fourth-order valence-electron chi connectivity index (χ4n) is 3.25. The summed E-state index contributed by atoms with van der Waals surface area (Å²) >= 11 is 0. The summed E-state index contributed by atoms with van der Waals surface area (Å²) in [7, 11) is 1.36. The molecule has 6 heteroatoms. The molecule has 1 unspecified atom stereocenters. The number of aliphatic hydroxyl groups is 1.